The SMILES string of the molecule is NC1CCN(c2nc3c(cc2F)c(=O)c(C(=O)O)cn3C2(F)C=CC(F)=CC2)C1. The van der Waals surface area contributed by atoms with Crippen LogP contribution in [0.2, 0.25) is 0 Å². The van der Waals surface area contributed by atoms with E-state index in [4.69, 9.17) is 5.73 Å². The lowest BCUT2D eigenvalue weighted by Crippen LogP contribution is -2.32. The Bertz CT molecular complexity index is 1140. The Kier molecular flexibility index (Phi) is 4.45. The molecule has 3 heterocycles. The molecular formula is C19H17F3N4O3. The van der Waals surface area contributed by atoms with Gasteiger partial charge in [-0.1, -0.05) is 0 Å². The molecule has 1 aliphatic carbocycles. The molecule has 2 aromatic heterocycles. The van der Waals surface area contributed by atoms with Crippen LogP contribution in [-0.2, 0) is 5.79 Å². The number of alkyl halides is 1. The van der Waals surface area contributed by atoms with Gasteiger partial charge in [0.15, 0.2) is 11.6 Å². The van der Waals surface area contributed by atoms with E-state index in [9.17, 15) is 23.5 Å². The average molecular weight is 406 g/mol. The number of fused-ring (bicyclic) bond motifs is 1. The molecule has 0 spiro atoms. The molecule has 7 nitrogen and oxygen atoms in total. The van der Waals surface area contributed by atoms with Gasteiger partial charge < -0.3 is 15.7 Å². The van der Waals surface area contributed by atoms with Crippen LogP contribution < -0.4 is 16.1 Å². The lowest BCUT2D eigenvalue weighted by atomic mass is 10.0. The summed E-state index contributed by atoms with van der Waals surface area (Å²) in [5.41, 5.74) is 3.90. The number of hydrogen-bond acceptors (Lipinski definition) is 5. The highest BCUT2D eigenvalue weighted by Gasteiger charge is 2.34. The fraction of sp³-hybridized carbons (Fsp3) is 0.316. The summed E-state index contributed by atoms with van der Waals surface area (Å²) < 4.78 is 44.6. The summed E-state index contributed by atoms with van der Waals surface area (Å²) in [6.07, 6.45) is 3.79. The Morgan fingerprint density at radius 1 is 1.38 bits per heavy atom. The van der Waals surface area contributed by atoms with Crippen LogP contribution in [0.3, 0.4) is 0 Å². The van der Waals surface area contributed by atoms with Crippen LogP contribution in [0.15, 0.2) is 41.1 Å². The average Bonchev–Trinajstić information content (AvgIpc) is 3.10. The minimum Gasteiger partial charge on any atom is -0.477 e. The van der Waals surface area contributed by atoms with E-state index in [0.29, 0.717) is 19.5 Å². The van der Waals surface area contributed by atoms with E-state index in [0.717, 1.165) is 35.1 Å². The topological polar surface area (TPSA) is 101 Å². The van der Waals surface area contributed by atoms with Gasteiger partial charge in [0.25, 0.3) is 0 Å². The second-order valence-electron chi connectivity index (χ2n) is 7.15. The van der Waals surface area contributed by atoms with E-state index in [2.05, 4.69) is 4.98 Å². The number of aromatic nitrogens is 2. The molecule has 0 amide bonds. The Labute approximate surface area is 162 Å². The summed E-state index contributed by atoms with van der Waals surface area (Å²) in [6, 6.07) is 0.685. The minimum atomic E-state index is -2.38. The molecule has 0 aromatic carbocycles. The van der Waals surface area contributed by atoms with Crippen molar-refractivity contribution in [2.45, 2.75) is 24.7 Å². The minimum absolute atomic E-state index is 0.105. The zero-order valence-electron chi connectivity index (χ0n) is 15.1. The second-order valence-corrected chi connectivity index (χ2v) is 7.15. The standard InChI is InChI=1S/C19H17F3N4O3/c20-10-1-4-19(22,5-2-10)26-9-13(18(28)29)15(27)12-7-14(21)17(24-16(12)26)25-6-3-11(23)8-25/h1-2,4,7,9,11H,3,5-6,8,23H2,(H,28,29). The van der Waals surface area contributed by atoms with Gasteiger partial charge in [-0.25, -0.2) is 22.9 Å². The first-order chi connectivity index (χ1) is 13.7. The number of hydrogen-bond donors (Lipinski definition) is 2. The Morgan fingerprint density at radius 3 is 2.72 bits per heavy atom. The Balaban J connectivity index is 2.00. The fourth-order valence-corrected chi connectivity index (χ4v) is 3.61. The van der Waals surface area contributed by atoms with Crippen molar-refractivity contribution in [3.63, 3.8) is 0 Å². The number of rotatable bonds is 3. The number of anilines is 1. The molecule has 10 heteroatoms. The van der Waals surface area contributed by atoms with Gasteiger partial charge in [-0.05, 0) is 30.7 Å². The van der Waals surface area contributed by atoms with Gasteiger partial charge >= 0.3 is 5.97 Å². The molecule has 2 aliphatic rings. The smallest absolute Gasteiger partial charge is 0.341 e. The van der Waals surface area contributed by atoms with Crippen molar-refractivity contribution < 1.29 is 23.1 Å². The number of aromatic carboxylic acids is 1. The summed E-state index contributed by atoms with van der Waals surface area (Å²) in [4.78, 5) is 29.8. The van der Waals surface area contributed by atoms with Crippen LogP contribution in [0.4, 0.5) is 19.0 Å². The maximum Gasteiger partial charge on any atom is 0.341 e. The van der Waals surface area contributed by atoms with Crippen molar-refractivity contribution in [3.05, 3.63) is 57.9 Å². The van der Waals surface area contributed by atoms with Crippen molar-refractivity contribution in [1.82, 2.24) is 9.55 Å². The van der Waals surface area contributed by atoms with E-state index >= 15 is 4.39 Å². The molecule has 152 valence electrons. The van der Waals surface area contributed by atoms with Gasteiger partial charge in [-0.2, -0.15) is 0 Å². The molecule has 29 heavy (non-hydrogen) atoms. The molecule has 4 rings (SSSR count). The summed E-state index contributed by atoms with van der Waals surface area (Å²) in [5.74, 6) is -5.56. The van der Waals surface area contributed by atoms with Gasteiger partial charge in [0.05, 0.1) is 5.39 Å². The van der Waals surface area contributed by atoms with Crippen LogP contribution >= 0.6 is 0 Å². The highest BCUT2D eigenvalue weighted by atomic mass is 19.1. The zero-order chi connectivity index (χ0) is 20.9. The molecule has 2 aromatic rings. The lowest BCUT2D eigenvalue weighted by molar-refractivity contribution is 0.0692. The number of nitrogens with zero attached hydrogens (tertiary/aromatic N) is 3. The summed E-state index contributed by atoms with van der Waals surface area (Å²) in [6.45, 7) is 0.768. The van der Waals surface area contributed by atoms with E-state index in [1.165, 1.54) is 0 Å². The van der Waals surface area contributed by atoms with Gasteiger partial charge in [-0.3, -0.25) is 9.36 Å². The molecule has 1 aliphatic heterocycles. The van der Waals surface area contributed by atoms with Crippen LogP contribution in [0, 0.1) is 5.82 Å². The molecule has 1 fully saturated rings. The van der Waals surface area contributed by atoms with E-state index in [1.54, 1.807) is 4.90 Å². The summed E-state index contributed by atoms with van der Waals surface area (Å²) >= 11 is 0. The number of pyridine rings is 2. The normalized spacial score (nSPS) is 24.2. The fourth-order valence-electron chi connectivity index (χ4n) is 3.61. The van der Waals surface area contributed by atoms with Crippen LogP contribution in [-0.4, -0.2) is 39.8 Å². The Morgan fingerprint density at radius 2 is 2.14 bits per heavy atom. The molecule has 2 atom stereocenters. The maximum absolute atomic E-state index is 15.7. The second kappa shape index (κ2) is 6.73. The van der Waals surface area contributed by atoms with Crippen molar-refractivity contribution in [2.24, 2.45) is 5.73 Å². The van der Waals surface area contributed by atoms with Gasteiger partial charge in [0.2, 0.25) is 11.2 Å². The summed E-state index contributed by atoms with van der Waals surface area (Å²) in [7, 11) is 0. The number of nitrogens with two attached hydrogens (primary N) is 1. The van der Waals surface area contributed by atoms with E-state index in [1.807, 2.05) is 0 Å². The number of halogens is 3. The number of allylic oxidation sites excluding steroid dienone is 4. The first-order valence-corrected chi connectivity index (χ1v) is 8.93. The molecule has 0 saturated carbocycles. The van der Waals surface area contributed by atoms with Crippen LogP contribution in [0.1, 0.15) is 23.2 Å². The van der Waals surface area contributed by atoms with E-state index in [-0.39, 0.29) is 22.9 Å². The zero-order valence-corrected chi connectivity index (χ0v) is 15.1. The van der Waals surface area contributed by atoms with Crippen LogP contribution in [0.25, 0.3) is 11.0 Å². The third-order valence-electron chi connectivity index (χ3n) is 5.15. The summed E-state index contributed by atoms with van der Waals surface area (Å²) in [5, 5.41) is 8.96. The monoisotopic (exact) mass is 406 g/mol. The molecular weight excluding hydrogens is 389 g/mol. The van der Waals surface area contributed by atoms with Crippen molar-refractivity contribution in [3.8, 4) is 0 Å². The highest BCUT2D eigenvalue weighted by molar-refractivity contribution is 5.92. The number of carboxylic acid groups (broad SMARTS) is 1. The first kappa shape index (κ1) is 19.2. The van der Waals surface area contributed by atoms with Crippen LogP contribution in [0.5, 0.6) is 0 Å². The first-order valence-electron chi connectivity index (χ1n) is 8.93. The van der Waals surface area contributed by atoms with Gasteiger partial charge in [-0.15, -0.1) is 0 Å². The number of carbonyl (C=O) groups is 1. The van der Waals surface area contributed by atoms with Gasteiger partial charge in [0.1, 0.15) is 17.0 Å². The predicted molar refractivity (Wildman–Crippen MR) is 99.8 cm³/mol. The maximum atomic E-state index is 15.7. The third-order valence-corrected chi connectivity index (χ3v) is 5.15. The Hall–Kier alpha value is -3.14. The van der Waals surface area contributed by atoms with Crippen molar-refractivity contribution >= 4 is 22.8 Å². The highest BCUT2D eigenvalue weighted by Crippen LogP contribution is 2.34. The largest absolute Gasteiger partial charge is 0.477 e. The number of carboxylic acids is 1. The lowest BCUT2D eigenvalue weighted by Gasteiger charge is -2.28. The molecule has 0 radical (unpaired) electrons. The third kappa shape index (κ3) is 3.19. The van der Waals surface area contributed by atoms with E-state index < -0.39 is 40.8 Å². The molecule has 1 saturated heterocycles. The molecule has 3 N–H and O–H groups in total. The quantitative estimate of drug-likeness (QED) is 0.811. The molecule has 2 unspecified atom stereocenters. The van der Waals surface area contributed by atoms with Crippen molar-refractivity contribution in [1.29, 1.82) is 0 Å². The van der Waals surface area contributed by atoms with Crippen molar-refractivity contribution in [2.75, 3.05) is 18.0 Å². The van der Waals surface area contributed by atoms with Gasteiger partial charge in [0, 0.05) is 31.7 Å². The molecule has 0 bridgehead atoms. The predicted octanol–water partition coefficient (Wildman–Crippen LogP) is 2.21.